The van der Waals surface area contributed by atoms with E-state index in [4.69, 9.17) is 0 Å². The Morgan fingerprint density at radius 3 is 2.00 bits per heavy atom. The van der Waals surface area contributed by atoms with Crippen LogP contribution in [-0.4, -0.2) is 56.8 Å². The predicted octanol–water partition coefficient (Wildman–Crippen LogP) is 2.18. The lowest BCUT2D eigenvalue weighted by molar-refractivity contribution is -0.394. The molecule has 152 valence electrons. The fraction of sp³-hybridized carbons (Fsp3) is 0.389. The van der Waals surface area contributed by atoms with Crippen LogP contribution in [-0.2, 0) is 0 Å². The van der Waals surface area contributed by atoms with Crippen molar-refractivity contribution in [2.45, 2.75) is 20.8 Å². The summed E-state index contributed by atoms with van der Waals surface area (Å²) in [5.74, 6) is 1.03. The summed E-state index contributed by atoms with van der Waals surface area (Å²) in [6.07, 6.45) is 0. The quantitative estimate of drug-likeness (QED) is 0.563. The Labute approximate surface area is 166 Å². The van der Waals surface area contributed by atoms with Gasteiger partial charge in [0.1, 0.15) is 11.6 Å². The SMILES string of the molecule is Cc1nc(C)c(C)c(N2CCN(C(=O)c3cc([N+](=O)[O-])cc([N+](=O)[O-])c3)CC2)n1. The van der Waals surface area contributed by atoms with Crippen molar-refractivity contribution >= 4 is 23.1 Å². The molecule has 1 fully saturated rings. The van der Waals surface area contributed by atoms with Gasteiger partial charge in [-0.05, 0) is 20.8 Å². The second kappa shape index (κ2) is 7.78. The van der Waals surface area contributed by atoms with E-state index >= 15 is 0 Å². The summed E-state index contributed by atoms with van der Waals surface area (Å²) in [5, 5.41) is 22.1. The van der Waals surface area contributed by atoms with Crippen molar-refractivity contribution in [3.8, 4) is 0 Å². The summed E-state index contributed by atoms with van der Waals surface area (Å²) in [6, 6.07) is 2.99. The minimum Gasteiger partial charge on any atom is -0.353 e. The molecule has 0 aliphatic carbocycles. The molecule has 1 aliphatic heterocycles. The molecule has 11 nitrogen and oxygen atoms in total. The van der Waals surface area contributed by atoms with Crippen LogP contribution in [0.25, 0.3) is 0 Å². The Morgan fingerprint density at radius 1 is 0.931 bits per heavy atom. The molecule has 1 aromatic heterocycles. The van der Waals surface area contributed by atoms with Crippen LogP contribution in [0.1, 0.15) is 27.4 Å². The molecular weight excluding hydrogens is 380 g/mol. The smallest absolute Gasteiger partial charge is 0.277 e. The number of benzene rings is 1. The molecule has 0 spiro atoms. The molecule has 1 amide bonds. The molecule has 2 heterocycles. The molecule has 0 unspecified atom stereocenters. The van der Waals surface area contributed by atoms with E-state index in [2.05, 4.69) is 14.9 Å². The van der Waals surface area contributed by atoms with Gasteiger partial charge in [0, 0.05) is 49.6 Å². The van der Waals surface area contributed by atoms with Crippen LogP contribution in [0.2, 0.25) is 0 Å². The molecular formula is C18H20N6O5. The van der Waals surface area contributed by atoms with E-state index in [1.165, 1.54) is 4.90 Å². The zero-order valence-corrected chi connectivity index (χ0v) is 16.3. The normalized spacial score (nSPS) is 14.0. The van der Waals surface area contributed by atoms with E-state index in [9.17, 15) is 25.0 Å². The Balaban J connectivity index is 1.79. The van der Waals surface area contributed by atoms with Gasteiger partial charge < -0.3 is 9.80 Å². The fourth-order valence-corrected chi connectivity index (χ4v) is 3.29. The van der Waals surface area contributed by atoms with Gasteiger partial charge in [-0.2, -0.15) is 0 Å². The van der Waals surface area contributed by atoms with Crippen molar-refractivity contribution in [1.82, 2.24) is 14.9 Å². The second-order valence-electron chi connectivity index (χ2n) is 6.84. The molecule has 1 aromatic carbocycles. The minimum absolute atomic E-state index is 0.0655. The molecule has 0 N–H and O–H groups in total. The number of nitro benzene ring substituents is 2. The van der Waals surface area contributed by atoms with E-state index in [0.29, 0.717) is 32.0 Å². The van der Waals surface area contributed by atoms with Crippen LogP contribution < -0.4 is 4.90 Å². The van der Waals surface area contributed by atoms with Gasteiger partial charge in [-0.15, -0.1) is 0 Å². The first-order chi connectivity index (χ1) is 13.7. The molecule has 29 heavy (non-hydrogen) atoms. The minimum atomic E-state index is -0.746. The maximum Gasteiger partial charge on any atom is 0.277 e. The molecule has 11 heteroatoms. The number of carbonyl (C=O) groups excluding carboxylic acids is 1. The summed E-state index contributed by atoms with van der Waals surface area (Å²) in [7, 11) is 0. The third-order valence-electron chi connectivity index (χ3n) is 4.91. The number of piperazine rings is 1. The van der Waals surface area contributed by atoms with Gasteiger partial charge in [-0.25, -0.2) is 9.97 Å². The number of hydrogen-bond donors (Lipinski definition) is 0. The summed E-state index contributed by atoms with van der Waals surface area (Å²) in [5.41, 5.74) is 0.844. The van der Waals surface area contributed by atoms with E-state index in [1.807, 2.05) is 20.8 Å². The lowest BCUT2D eigenvalue weighted by atomic mass is 10.1. The second-order valence-corrected chi connectivity index (χ2v) is 6.84. The van der Waals surface area contributed by atoms with E-state index in [0.717, 1.165) is 35.3 Å². The summed E-state index contributed by atoms with van der Waals surface area (Å²) in [6.45, 7) is 7.49. The maximum absolute atomic E-state index is 12.8. The number of amides is 1. The van der Waals surface area contributed by atoms with Crippen molar-refractivity contribution in [1.29, 1.82) is 0 Å². The predicted molar refractivity (Wildman–Crippen MR) is 104 cm³/mol. The van der Waals surface area contributed by atoms with Crippen LogP contribution in [0, 0.1) is 41.0 Å². The summed E-state index contributed by atoms with van der Waals surface area (Å²) < 4.78 is 0. The Hall–Kier alpha value is -3.63. The summed E-state index contributed by atoms with van der Waals surface area (Å²) >= 11 is 0. The van der Waals surface area contributed by atoms with Crippen molar-refractivity contribution in [2.75, 3.05) is 31.1 Å². The number of rotatable bonds is 4. The monoisotopic (exact) mass is 400 g/mol. The number of nitro groups is 2. The Bertz CT molecular complexity index is 968. The van der Waals surface area contributed by atoms with Crippen LogP contribution in [0.5, 0.6) is 0 Å². The number of aromatic nitrogens is 2. The number of nitrogens with zero attached hydrogens (tertiary/aromatic N) is 6. The van der Waals surface area contributed by atoms with Gasteiger partial charge in [0.25, 0.3) is 17.3 Å². The van der Waals surface area contributed by atoms with Gasteiger partial charge in [-0.1, -0.05) is 0 Å². The zero-order valence-electron chi connectivity index (χ0n) is 16.3. The first-order valence-electron chi connectivity index (χ1n) is 8.97. The lowest BCUT2D eigenvalue weighted by Crippen LogP contribution is -2.49. The molecule has 0 saturated carbocycles. The summed E-state index contributed by atoms with van der Waals surface area (Å²) in [4.78, 5) is 45.9. The van der Waals surface area contributed by atoms with Crippen molar-refractivity contribution in [3.05, 3.63) is 61.1 Å². The molecule has 2 aromatic rings. The highest BCUT2D eigenvalue weighted by atomic mass is 16.6. The largest absolute Gasteiger partial charge is 0.353 e. The van der Waals surface area contributed by atoms with Crippen LogP contribution in [0.4, 0.5) is 17.2 Å². The topological polar surface area (TPSA) is 136 Å². The first-order valence-corrected chi connectivity index (χ1v) is 8.97. The highest BCUT2D eigenvalue weighted by molar-refractivity contribution is 5.95. The van der Waals surface area contributed by atoms with Gasteiger partial charge in [0.05, 0.1) is 21.5 Å². The molecule has 0 bridgehead atoms. The average Bonchev–Trinajstić information content (AvgIpc) is 2.69. The number of carbonyl (C=O) groups is 1. The molecule has 3 rings (SSSR count). The third-order valence-corrected chi connectivity index (χ3v) is 4.91. The molecule has 0 atom stereocenters. The molecule has 0 radical (unpaired) electrons. The lowest BCUT2D eigenvalue weighted by Gasteiger charge is -2.36. The molecule has 1 saturated heterocycles. The van der Waals surface area contributed by atoms with E-state index in [-0.39, 0.29) is 5.56 Å². The third kappa shape index (κ3) is 4.13. The molecule has 1 aliphatic rings. The van der Waals surface area contributed by atoms with Crippen molar-refractivity contribution < 1.29 is 14.6 Å². The fourth-order valence-electron chi connectivity index (χ4n) is 3.29. The standard InChI is InChI=1S/C18H20N6O5/c1-11-12(2)19-13(3)20-17(11)21-4-6-22(7-5-21)18(25)14-8-15(23(26)27)10-16(9-14)24(28)29/h8-10H,4-7H2,1-3H3. The van der Waals surface area contributed by atoms with Gasteiger partial charge >= 0.3 is 0 Å². The van der Waals surface area contributed by atoms with E-state index < -0.39 is 27.1 Å². The maximum atomic E-state index is 12.8. The highest BCUT2D eigenvalue weighted by Crippen LogP contribution is 2.25. The first kappa shape index (κ1) is 20.1. The Morgan fingerprint density at radius 2 is 1.48 bits per heavy atom. The number of non-ortho nitro benzene ring substituents is 2. The van der Waals surface area contributed by atoms with Gasteiger partial charge in [0.2, 0.25) is 0 Å². The van der Waals surface area contributed by atoms with Gasteiger partial charge in [0.15, 0.2) is 0 Å². The number of hydrogen-bond acceptors (Lipinski definition) is 8. The zero-order chi connectivity index (χ0) is 21.3. The van der Waals surface area contributed by atoms with Crippen LogP contribution in [0.3, 0.4) is 0 Å². The van der Waals surface area contributed by atoms with Crippen molar-refractivity contribution in [2.24, 2.45) is 0 Å². The Kier molecular flexibility index (Phi) is 5.39. The number of aryl methyl sites for hydroxylation is 2. The van der Waals surface area contributed by atoms with E-state index in [1.54, 1.807) is 0 Å². The number of anilines is 1. The highest BCUT2D eigenvalue weighted by Gasteiger charge is 2.27. The van der Waals surface area contributed by atoms with Gasteiger partial charge in [-0.3, -0.25) is 25.0 Å². The van der Waals surface area contributed by atoms with Crippen LogP contribution in [0.15, 0.2) is 18.2 Å². The average molecular weight is 400 g/mol. The van der Waals surface area contributed by atoms with Crippen LogP contribution >= 0.6 is 0 Å². The van der Waals surface area contributed by atoms with Crippen molar-refractivity contribution in [3.63, 3.8) is 0 Å².